The smallest absolute Gasteiger partial charge is 0.389 e. The zero-order valence-corrected chi connectivity index (χ0v) is 17.9. The van der Waals surface area contributed by atoms with Crippen LogP contribution in [0.15, 0.2) is 18.2 Å². The number of hydrogen-bond acceptors (Lipinski definition) is 5. The minimum atomic E-state index is -4.18. The van der Waals surface area contributed by atoms with Crippen molar-refractivity contribution in [3.05, 3.63) is 40.6 Å². The Morgan fingerprint density at radius 2 is 2.12 bits per heavy atom. The number of amides is 1. The topological polar surface area (TPSA) is 91.4 Å². The highest BCUT2D eigenvalue weighted by Gasteiger charge is 2.44. The molecule has 0 bridgehead atoms. The van der Waals surface area contributed by atoms with Gasteiger partial charge < -0.3 is 20.5 Å². The molecular weight excluding hydrogens is 425 g/mol. The van der Waals surface area contributed by atoms with E-state index >= 15 is 0 Å². The number of fused-ring (bicyclic) bond motifs is 3. The SMILES string of the molecule is COCCn1nc2c(c1N)C(=O)N[C@@]1(CCCc3cc(OCCCC(F)(F)F)ccc31)C2. The van der Waals surface area contributed by atoms with E-state index in [0.717, 1.165) is 30.4 Å². The Balaban J connectivity index is 1.54. The average Bonchev–Trinajstić information content (AvgIpc) is 3.04. The summed E-state index contributed by atoms with van der Waals surface area (Å²) in [5, 5.41) is 7.76. The van der Waals surface area contributed by atoms with Gasteiger partial charge in [0.05, 0.1) is 31.0 Å². The van der Waals surface area contributed by atoms with Gasteiger partial charge in [-0.05, 0) is 48.9 Å². The number of benzene rings is 1. The Morgan fingerprint density at radius 1 is 1.31 bits per heavy atom. The summed E-state index contributed by atoms with van der Waals surface area (Å²) in [6.07, 6.45) is -2.17. The maximum absolute atomic E-state index is 13.0. The van der Waals surface area contributed by atoms with E-state index in [4.69, 9.17) is 15.2 Å². The molecule has 0 saturated heterocycles. The first-order valence-electron chi connectivity index (χ1n) is 10.7. The van der Waals surface area contributed by atoms with E-state index in [-0.39, 0.29) is 18.9 Å². The maximum atomic E-state index is 13.0. The van der Waals surface area contributed by atoms with Gasteiger partial charge in [0.25, 0.3) is 5.91 Å². The van der Waals surface area contributed by atoms with Gasteiger partial charge in [0.1, 0.15) is 17.1 Å². The number of nitrogens with zero attached hydrogens (tertiary/aromatic N) is 2. The molecule has 174 valence electrons. The van der Waals surface area contributed by atoms with Crippen LogP contribution in [-0.2, 0) is 29.7 Å². The molecule has 1 atom stereocenters. The third-order valence-corrected chi connectivity index (χ3v) is 6.14. The molecule has 1 spiro atoms. The van der Waals surface area contributed by atoms with Crippen LogP contribution in [-0.4, -0.2) is 42.2 Å². The molecule has 32 heavy (non-hydrogen) atoms. The number of halogens is 3. The molecule has 2 heterocycles. The number of anilines is 1. The van der Waals surface area contributed by atoms with Crippen molar-refractivity contribution in [1.29, 1.82) is 0 Å². The van der Waals surface area contributed by atoms with E-state index in [9.17, 15) is 18.0 Å². The molecular formula is C22H27F3N4O3. The standard InChI is InChI=1S/C22H27F3N4O3/c1-31-11-9-29-19(26)18-17(28-29)13-21(27-20(18)30)7-2-4-14-12-15(5-6-16(14)21)32-10-3-8-22(23,24)25/h5-6,12H,2-4,7-11,13,26H2,1H3,(H,27,30)/t21-/m0/s1. The van der Waals surface area contributed by atoms with Crippen LogP contribution in [0.4, 0.5) is 19.0 Å². The maximum Gasteiger partial charge on any atom is 0.389 e. The summed E-state index contributed by atoms with van der Waals surface area (Å²) in [7, 11) is 1.59. The monoisotopic (exact) mass is 452 g/mol. The van der Waals surface area contributed by atoms with Crippen LogP contribution in [0, 0.1) is 0 Å². The van der Waals surface area contributed by atoms with Crippen LogP contribution in [0.25, 0.3) is 0 Å². The van der Waals surface area contributed by atoms with Gasteiger partial charge in [0, 0.05) is 20.0 Å². The predicted molar refractivity (Wildman–Crippen MR) is 112 cm³/mol. The molecule has 2 aromatic rings. The molecule has 1 amide bonds. The summed E-state index contributed by atoms with van der Waals surface area (Å²) in [5.74, 6) is 0.634. The van der Waals surface area contributed by atoms with E-state index in [1.807, 2.05) is 12.1 Å². The third-order valence-electron chi connectivity index (χ3n) is 6.14. The zero-order chi connectivity index (χ0) is 22.9. The summed E-state index contributed by atoms with van der Waals surface area (Å²) < 4.78 is 49.2. The Bertz CT molecular complexity index is 1010. The van der Waals surface area contributed by atoms with Gasteiger partial charge in [0.2, 0.25) is 0 Å². The lowest BCUT2D eigenvalue weighted by Gasteiger charge is -2.42. The molecule has 1 aromatic carbocycles. The van der Waals surface area contributed by atoms with E-state index in [2.05, 4.69) is 10.4 Å². The lowest BCUT2D eigenvalue weighted by molar-refractivity contribution is -0.136. The Kier molecular flexibility index (Phi) is 6.07. The number of aromatic nitrogens is 2. The molecule has 4 rings (SSSR count). The summed E-state index contributed by atoms with van der Waals surface area (Å²) in [5.41, 5.74) is 8.70. The highest BCUT2D eigenvalue weighted by molar-refractivity contribution is 6.01. The van der Waals surface area contributed by atoms with Gasteiger partial charge in [0.15, 0.2) is 0 Å². The van der Waals surface area contributed by atoms with Gasteiger partial charge in [-0.2, -0.15) is 18.3 Å². The van der Waals surface area contributed by atoms with Crippen molar-refractivity contribution in [2.45, 2.75) is 56.8 Å². The number of nitrogens with one attached hydrogen (secondary N) is 1. The number of rotatable bonds is 7. The summed E-state index contributed by atoms with van der Waals surface area (Å²) >= 11 is 0. The number of nitrogen functional groups attached to an aromatic ring is 1. The molecule has 2 aliphatic rings. The van der Waals surface area contributed by atoms with Crippen molar-refractivity contribution in [2.24, 2.45) is 0 Å². The zero-order valence-electron chi connectivity index (χ0n) is 17.9. The predicted octanol–water partition coefficient (Wildman–Crippen LogP) is 3.35. The van der Waals surface area contributed by atoms with Crippen LogP contribution >= 0.6 is 0 Å². The molecule has 7 nitrogen and oxygen atoms in total. The molecule has 1 aromatic heterocycles. The number of carbonyl (C=O) groups excluding carboxylic acids is 1. The minimum Gasteiger partial charge on any atom is -0.494 e. The molecule has 3 N–H and O–H groups in total. The molecule has 0 fully saturated rings. The number of nitrogens with two attached hydrogens (primary N) is 1. The van der Waals surface area contributed by atoms with Crippen LogP contribution in [0.5, 0.6) is 5.75 Å². The third kappa shape index (κ3) is 4.41. The molecule has 0 radical (unpaired) electrons. The average molecular weight is 452 g/mol. The Labute approximate surface area is 184 Å². The quantitative estimate of drug-likeness (QED) is 0.629. The van der Waals surface area contributed by atoms with Gasteiger partial charge in [-0.15, -0.1) is 0 Å². The number of methoxy groups -OCH3 is 1. The van der Waals surface area contributed by atoms with Crippen molar-refractivity contribution in [1.82, 2.24) is 15.1 Å². The summed E-state index contributed by atoms with van der Waals surface area (Å²) in [6, 6.07) is 5.54. The number of ether oxygens (including phenoxy) is 2. The van der Waals surface area contributed by atoms with E-state index < -0.39 is 18.1 Å². The van der Waals surface area contributed by atoms with Gasteiger partial charge in [-0.3, -0.25) is 4.79 Å². The Hall–Kier alpha value is -2.75. The highest BCUT2D eigenvalue weighted by atomic mass is 19.4. The first-order chi connectivity index (χ1) is 15.2. The Morgan fingerprint density at radius 3 is 2.88 bits per heavy atom. The number of alkyl halides is 3. The first kappa shape index (κ1) is 22.4. The minimum absolute atomic E-state index is 0.00171. The van der Waals surface area contributed by atoms with Crippen LogP contribution in [0.2, 0.25) is 0 Å². The van der Waals surface area contributed by atoms with E-state index in [1.54, 1.807) is 17.9 Å². The highest BCUT2D eigenvalue weighted by Crippen LogP contribution is 2.42. The van der Waals surface area contributed by atoms with E-state index in [1.165, 1.54) is 0 Å². The number of aryl methyl sites for hydroxylation is 1. The van der Waals surface area contributed by atoms with Crippen molar-refractivity contribution in [3.63, 3.8) is 0 Å². The molecule has 10 heteroatoms. The fourth-order valence-corrected chi connectivity index (χ4v) is 4.68. The fourth-order valence-electron chi connectivity index (χ4n) is 4.68. The van der Waals surface area contributed by atoms with Crippen LogP contribution < -0.4 is 15.8 Å². The summed E-state index contributed by atoms with van der Waals surface area (Å²) in [6.45, 7) is 0.898. The first-order valence-corrected chi connectivity index (χ1v) is 10.7. The second kappa shape index (κ2) is 8.65. The van der Waals surface area contributed by atoms with Crippen LogP contribution in [0.1, 0.15) is 52.9 Å². The molecule has 0 unspecified atom stereocenters. The van der Waals surface area contributed by atoms with Crippen molar-refractivity contribution < 1.29 is 27.4 Å². The van der Waals surface area contributed by atoms with Gasteiger partial charge in [-0.25, -0.2) is 4.68 Å². The number of carbonyl (C=O) groups is 1. The summed E-state index contributed by atoms with van der Waals surface area (Å²) in [4.78, 5) is 13.0. The lowest BCUT2D eigenvalue weighted by atomic mass is 9.72. The normalized spacial score (nSPS) is 20.1. The second-order valence-electron chi connectivity index (χ2n) is 8.38. The second-order valence-corrected chi connectivity index (χ2v) is 8.38. The van der Waals surface area contributed by atoms with Crippen LogP contribution in [0.3, 0.4) is 0 Å². The van der Waals surface area contributed by atoms with Crippen molar-refractivity contribution in [3.8, 4) is 5.75 Å². The molecule has 0 saturated carbocycles. The molecule has 1 aliphatic carbocycles. The largest absolute Gasteiger partial charge is 0.494 e. The van der Waals surface area contributed by atoms with Crippen molar-refractivity contribution >= 4 is 11.7 Å². The van der Waals surface area contributed by atoms with Gasteiger partial charge >= 0.3 is 6.18 Å². The lowest BCUT2D eigenvalue weighted by Crippen LogP contribution is -2.52. The van der Waals surface area contributed by atoms with Crippen molar-refractivity contribution in [2.75, 3.05) is 26.1 Å². The number of hydrogen-bond donors (Lipinski definition) is 2. The molecule has 1 aliphatic heterocycles. The van der Waals surface area contributed by atoms with Gasteiger partial charge in [-0.1, -0.05) is 6.07 Å². The fraction of sp³-hybridized carbons (Fsp3) is 0.545. The van der Waals surface area contributed by atoms with E-state index in [0.29, 0.717) is 42.4 Å².